The molecule has 51 heavy (non-hydrogen) atoms. The number of carbonyl (C=O) groups excluding carboxylic acids is 2. The highest BCUT2D eigenvalue weighted by atomic mass is 16.5. The highest BCUT2D eigenvalue weighted by molar-refractivity contribution is 5.92. The Morgan fingerprint density at radius 1 is 0.922 bits per heavy atom. The topological polar surface area (TPSA) is 63.6 Å². The molecule has 1 aromatic carbocycles. The maximum absolute atomic E-state index is 13.2. The van der Waals surface area contributed by atoms with Crippen molar-refractivity contribution in [2.75, 3.05) is 7.11 Å². The molecule has 5 saturated carbocycles. The van der Waals surface area contributed by atoms with Gasteiger partial charge in [0.05, 0.1) is 7.11 Å². The number of aryl methyl sites for hydroxylation is 1. The molecule has 4 heteroatoms. The van der Waals surface area contributed by atoms with Crippen LogP contribution in [0.15, 0.2) is 41.5 Å². The molecule has 0 heterocycles. The Balaban J connectivity index is 0.000000150. The van der Waals surface area contributed by atoms with Crippen LogP contribution >= 0.6 is 0 Å². The van der Waals surface area contributed by atoms with Gasteiger partial charge in [-0.2, -0.15) is 0 Å². The fourth-order valence-electron chi connectivity index (χ4n) is 15.2. The van der Waals surface area contributed by atoms with Crippen molar-refractivity contribution in [3.63, 3.8) is 0 Å². The van der Waals surface area contributed by atoms with E-state index in [1.54, 1.807) is 7.11 Å². The van der Waals surface area contributed by atoms with Crippen molar-refractivity contribution in [2.45, 2.75) is 142 Å². The molecule has 0 spiro atoms. The molecule has 1 unspecified atom stereocenters. The lowest BCUT2D eigenvalue weighted by atomic mass is 9.44. The molecule has 9 rings (SSSR count). The highest BCUT2D eigenvalue weighted by Crippen LogP contribution is 2.73. The molecular formula is C47H62O4. The maximum Gasteiger partial charge on any atom is 0.156 e. The summed E-state index contributed by atoms with van der Waals surface area (Å²) in [5.41, 5.74) is 4.87. The van der Waals surface area contributed by atoms with E-state index in [2.05, 4.69) is 57.9 Å². The number of Topliss-reactive ketones (excluding diaryl/α,β-unsaturated/α-hetero) is 1. The van der Waals surface area contributed by atoms with E-state index >= 15 is 0 Å². The van der Waals surface area contributed by atoms with Gasteiger partial charge in [0.1, 0.15) is 17.1 Å². The Kier molecular flexibility index (Phi) is 8.46. The molecule has 12 atom stereocenters. The number of hydrogen-bond acceptors (Lipinski definition) is 4. The molecule has 4 nitrogen and oxygen atoms in total. The number of terminal acetylenes is 1. The van der Waals surface area contributed by atoms with Crippen molar-refractivity contribution >= 4 is 11.6 Å². The molecule has 0 amide bonds. The summed E-state index contributed by atoms with van der Waals surface area (Å²) in [4.78, 5) is 25.3. The second-order valence-corrected chi connectivity index (χ2v) is 19.2. The van der Waals surface area contributed by atoms with Crippen molar-refractivity contribution in [2.24, 2.45) is 57.2 Å². The third-order valence-corrected chi connectivity index (χ3v) is 17.8. The number of allylic oxidation sites excluding steroid dienone is 4. The summed E-state index contributed by atoms with van der Waals surface area (Å²) >= 11 is 0. The smallest absolute Gasteiger partial charge is 0.156 e. The van der Waals surface area contributed by atoms with Gasteiger partial charge in [-0.25, -0.2) is 0 Å². The molecule has 1 aromatic rings. The number of rotatable bonds is 2. The normalized spacial score (nSPS) is 46.1. The van der Waals surface area contributed by atoms with E-state index in [4.69, 9.17) is 11.2 Å². The monoisotopic (exact) mass is 690 g/mol. The van der Waals surface area contributed by atoms with Gasteiger partial charge in [-0.15, -0.1) is 6.42 Å². The fourth-order valence-corrected chi connectivity index (χ4v) is 15.2. The minimum atomic E-state index is -0.900. The Morgan fingerprint density at radius 3 is 2.43 bits per heavy atom. The lowest BCUT2D eigenvalue weighted by molar-refractivity contribution is -0.145. The molecule has 1 N–H and O–H groups in total. The second-order valence-electron chi connectivity index (χ2n) is 19.2. The summed E-state index contributed by atoms with van der Waals surface area (Å²) in [6.07, 6.45) is 26.8. The van der Waals surface area contributed by atoms with Crippen LogP contribution in [0.2, 0.25) is 0 Å². The van der Waals surface area contributed by atoms with E-state index in [1.165, 1.54) is 67.2 Å². The SMILES string of the molecule is C#CC1(O)CC[C@H]2[C@H]3CCc4cc(OC)ccc4[C@H]3CC[C@@]21C.CC(=O)[C@]12CCCC[C@H]1C[C@H]1[C@@H]3C=C(C)C4=CC(=O)CC[C@]4(C)[C@@H]3CC[C@@]12C. The zero-order chi connectivity index (χ0) is 36.1. The third kappa shape index (κ3) is 4.81. The van der Waals surface area contributed by atoms with Crippen molar-refractivity contribution in [1.82, 2.24) is 0 Å². The minimum absolute atomic E-state index is 0.0673. The van der Waals surface area contributed by atoms with Crippen LogP contribution in [0.3, 0.4) is 0 Å². The van der Waals surface area contributed by atoms with Gasteiger partial charge in [0.25, 0.3) is 0 Å². The number of aliphatic hydroxyl groups is 1. The molecule has 0 aromatic heterocycles. The predicted octanol–water partition coefficient (Wildman–Crippen LogP) is 9.98. The fraction of sp³-hybridized carbons (Fsp3) is 0.702. The number of methoxy groups -OCH3 is 1. The van der Waals surface area contributed by atoms with Crippen LogP contribution in [-0.4, -0.2) is 29.4 Å². The largest absolute Gasteiger partial charge is 0.497 e. The van der Waals surface area contributed by atoms with E-state index in [-0.39, 0.29) is 21.7 Å². The summed E-state index contributed by atoms with van der Waals surface area (Å²) < 4.78 is 5.39. The third-order valence-electron chi connectivity index (χ3n) is 17.8. The van der Waals surface area contributed by atoms with E-state index in [1.807, 2.05) is 13.0 Å². The molecular weight excluding hydrogens is 629 g/mol. The first-order chi connectivity index (χ1) is 24.3. The first kappa shape index (κ1) is 35.4. The van der Waals surface area contributed by atoms with Crippen molar-refractivity contribution < 1.29 is 19.4 Å². The molecule has 8 aliphatic carbocycles. The number of carbonyl (C=O) groups is 2. The summed E-state index contributed by atoms with van der Waals surface area (Å²) in [5.74, 6) is 8.78. The van der Waals surface area contributed by atoms with E-state index in [9.17, 15) is 14.7 Å². The van der Waals surface area contributed by atoms with Crippen LogP contribution in [-0.2, 0) is 16.0 Å². The number of hydrogen-bond donors (Lipinski definition) is 1. The molecule has 0 saturated heterocycles. The second kappa shape index (κ2) is 12.2. The van der Waals surface area contributed by atoms with Gasteiger partial charge in [0.2, 0.25) is 0 Å². The van der Waals surface area contributed by atoms with Gasteiger partial charge >= 0.3 is 0 Å². The summed E-state index contributed by atoms with van der Waals surface area (Å²) in [5, 5.41) is 11.0. The Morgan fingerprint density at radius 2 is 1.69 bits per heavy atom. The molecule has 274 valence electrons. The van der Waals surface area contributed by atoms with Crippen LogP contribution in [0.4, 0.5) is 0 Å². The first-order valence-corrected chi connectivity index (χ1v) is 20.6. The molecule has 0 aliphatic heterocycles. The Hall–Kier alpha value is -2.64. The van der Waals surface area contributed by atoms with Crippen LogP contribution in [0.5, 0.6) is 5.75 Å². The number of ketones is 2. The zero-order valence-electron chi connectivity index (χ0n) is 32.3. The van der Waals surface area contributed by atoms with Gasteiger partial charge in [-0.05, 0) is 178 Å². The van der Waals surface area contributed by atoms with Crippen molar-refractivity contribution in [1.29, 1.82) is 0 Å². The quantitative estimate of drug-likeness (QED) is 0.314. The molecule has 0 bridgehead atoms. The van der Waals surface area contributed by atoms with E-state index < -0.39 is 5.60 Å². The van der Waals surface area contributed by atoms with Crippen LogP contribution < -0.4 is 4.74 Å². The number of fused-ring (bicyclic) bond motifs is 12. The molecule has 8 aliphatic rings. The highest BCUT2D eigenvalue weighted by Gasteiger charge is 2.69. The maximum atomic E-state index is 13.2. The van der Waals surface area contributed by atoms with Crippen LogP contribution in [0, 0.1) is 69.5 Å². The lowest BCUT2D eigenvalue weighted by Crippen LogP contribution is -2.54. The summed E-state index contributed by atoms with van der Waals surface area (Å²) in [7, 11) is 1.73. The number of ether oxygens (including phenoxy) is 1. The molecule has 0 radical (unpaired) electrons. The van der Waals surface area contributed by atoms with Gasteiger partial charge < -0.3 is 9.84 Å². The average molecular weight is 691 g/mol. The average Bonchev–Trinajstić information content (AvgIpc) is 3.57. The molecule has 5 fully saturated rings. The minimum Gasteiger partial charge on any atom is -0.497 e. The summed E-state index contributed by atoms with van der Waals surface area (Å²) in [6.45, 7) is 11.3. The first-order valence-electron chi connectivity index (χ1n) is 20.6. The van der Waals surface area contributed by atoms with Crippen LogP contribution in [0.25, 0.3) is 0 Å². The van der Waals surface area contributed by atoms with Gasteiger partial charge in [0, 0.05) is 17.3 Å². The lowest BCUT2D eigenvalue weighted by Gasteiger charge is -2.59. The van der Waals surface area contributed by atoms with Gasteiger partial charge in [-0.3, -0.25) is 9.59 Å². The Bertz CT molecular complexity index is 1730. The van der Waals surface area contributed by atoms with E-state index in [0.29, 0.717) is 59.4 Å². The Labute approximate surface area is 307 Å². The predicted molar refractivity (Wildman–Crippen MR) is 203 cm³/mol. The zero-order valence-corrected chi connectivity index (χ0v) is 32.3. The van der Waals surface area contributed by atoms with Crippen LogP contribution in [0.1, 0.15) is 142 Å². The summed E-state index contributed by atoms with van der Waals surface area (Å²) in [6, 6.07) is 6.59. The van der Waals surface area contributed by atoms with Crippen molar-refractivity contribution in [3.8, 4) is 18.1 Å². The van der Waals surface area contributed by atoms with Gasteiger partial charge in [0.15, 0.2) is 5.78 Å². The van der Waals surface area contributed by atoms with E-state index in [0.717, 1.165) is 50.7 Å². The van der Waals surface area contributed by atoms with Crippen molar-refractivity contribution in [3.05, 3.63) is 52.6 Å². The number of benzene rings is 1. The van der Waals surface area contributed by atoms with Gasteiger partial charge in [-0.1, -0.05) is 57.2 Å². The standard InChI is InChI=1S/C26H36O2.C21H26O2/c1-16-13-20-21(24(3)11-8-19(28)15-22(16)24)9-12-25(4)23(20)14-18-7-5-6-10-26(18,25)17(2)27;1-4-21(22)12-10-19-18-7-5-14-13-15(23-3)6-8-16(14)17(18)9-11-20(19,21)2/h13,15,18,20-21,23H,5-12,14H2,1-4H3;1,6,8,13,17-19,22H,5,7,9-12H2,2-3H3/t18-,20+,21+,23-,24+,25-,26+;17-,18+,19+,20+,21?/m01/s1.